The van der Waals surface area contributed by atoms with E-state index in [1.54, 1.807) is 0 Å². The Hall–Kier alpha value is -0.620. The van der Waals surface area contributed by atoms with E-state index in [1.165, 1.54) is 4.31 Å². The lowest BCUT2D eigenvalue weighted by molar-refractivity contribution is -0.142. The van der Waals surface area contributed by atoms with Crippen molar-refractivity contribution < 1.29 is 18.3 Å². The minimum atomic E-state index is -3.27. The molecule has 1 heterocycles. The lowest BCUT2D eigenvalue weighted by Gasteiger charge is -2.30. The van der Waals surface area contributed by atoms with Crippen molar-refractivity contribution in [3.8, 4) is 0 Å². The summed E-state index contributed by atoms with van der Waals surface area (Å²) < 4.78 is 25.3. The van der Waals surface area contributed by atoms with E-state index >= 15 is 0 Å². The summed E-state index contributed by atoms with van der Waals surface area (Å²) in [5.41, 5.74) is 0. The van der Waals surface area contributed by atoms with Crippen molar-refractivity contribution in [3.63, 3.8) is 0 Å². The molecule has 0 aromatic carbocycles. The average molecular weight is 263 g/mol. The summed E-state index contributed by atoms with van der Waals surface area (Å²) in [4.78, 5) is 10.9. The number of carboxylic acid groups (broad SMARTS) is 1. The number of sulfonamides is 1. The maximum absolute atomic E-state index is 12.0. The number of carboxylic acids is 1. The molecule has 100 valence electrons. The summed E-state index contributed by atoms with van der Waals surface area (Å²) in [5, 5.41) is 8.92. The molecule has 5 nitrogen and oxygen atoms in total. The van der Waals surface area contributed by atoms with Gasteiger partial charge >= 0.3 is 5.97 Å². The predicted octanol–water partition coefficient (Wildman–Crippen LogP) is 1.16. The molecule has 1 atom stereocenters. The van der Waals surface area contributed by atoms with Crippen LogP contribution in [0.3, 0.4) is 0 Å². The molecule has 0 bridgehead atoms. The molecule has 6 heteroatoms. The summed E-state index contributed by atoms with van der Waals surface area (Å²) in [6.45, 7) is 4.55. The SMILES string of the molecule is CC(C)CCS(=O)(=O)N1CCC[C@@H](C(=O)O)C1. The van der Waals surface area contributed by atoms with Crippen LogP contribution in [-0.4, -0.2) is 42.6 Å². The van der Waals surface area contributed by atoms with Gasteiger partial charge in [-0.25, -0.2) is 12.7 Å². The molecule has 0 aliphatic carbocycles. The number of piperidine rings is 1. The molecular weight excluding hydrogens is 242 g/mol. The minimum absolute atomic E-state index is 0.122. The lowest BCUT2D eigenvalue weighted by Crippen LogP contribution is -2.43. The molecule has 0 saturated carbocycles. The third-order valence-corrected chi connectivity index (χ3v) is 4.95. The van der Waals surface area contributed by atoms with Gasteiger partial charge in [0.15, 0.2) is 0 Å². The number of rotatable bonds is 5. The summed E-state index contributed by atoms with van der Waals surface area (Å²) >= 11 is 0. The summed E-state index contributed by atoms with van der Waals surface area (Å²) in [6, 6.07) is 0. The van der Waals surface area contributed by atoms with Crippen LogP contribution in [0.25, 0.3) is 0 Å². The van der Waals surface area contributed by atoms with E-state index in [2.05, 4.69) is 0 Å². The first-order chi connectivity index (χ1) is 7.83. The maximum Gasteiger partial charge on any atom is 0.307 e. The van der Waals surface area contributed by atoms with Crippen LogP contribution in [0.4, 0.5) is 0 Å². The number of hydrogen-bond donors (Lipinski definition) is 1. The first-order valence-electron chi connectivity index (χ1n) is 6.03. The number of aliphatic carboxylic acids is 1. The molecule has 1 aliphatic rings. The molecule has 0 aromatic rings. The Morgan fingerprint density at radius 2 is 2.12 bits per heavy atom. The van der Waals surface area contributed by atoms with E-state index in [4.69, 9.17) is 5.11 Å². The van der Waals surface area contributed by atoms with Gasteiger partial charge in [0.25, 0.3) is 0 Å². The van der Waals surface area contributed by atoms with Gasteiger partial charge in [-0.05, 0) is 25.2 Å². The second-order valence-electron chi connectivity index (χ2n) is 5.03. The fourth-order valence-corrected chi connectivity index (χ4v) is 3.75. The quantitative estimate of drug-likeness (QED) is 0.807. The summed E-state index contributed by atoms with van der Waals surface area (Å²) in [7, 11) is -3.27. The minimum Gasteiger partial charge on any atom is -0.481 e. The van der Waals surface area contributed by atoms with Crippen LogP contribution in [-0.2, 0) is 14.8 Å². The normalized spacial score (nSPS) is 22.9. The monoisotopic (exact) mass is 263 g/mol. The predicted molar refractivity (Wildman–Crippen MR) is 65.2 cm³/mol. The van der Waals surface area contributed by atoms with Crippen LogP contribution in [0.1, 0.15) is 33.1 Å². The highest BCUT2D eigenvalue weighted by atomic mass is 32.2. The first-order valence-corrected chi connectivity index (χ1v) is 7.64. The zero-order chi connectivity index (χ0) is 13.1. The van der Waals surface area contributed by atoms with E-state index in [9.17, 15) is 13.2 Å². The molecule has 17 heavy (non-hydrogen) atoms. The lowest BCUT2D eigenvalue weighted by atomic mass is 10.0. The Kier molecular flexibility index (Phi) is 4.94. The molecule has 0 aromatic heterocycles. The molecule has 1 N–H and O–H groups in total. The van der Waals surface area contributed by atoms with Crippen molar-refractivity contribution in [1.82, 2.24) is 4.31 Å². The van der Waals surface area contributed by atoms with E-state index in [1.807, 2.05) is 13.8 Å². The molecule has 1 aliphatic heterocycles. The molecule has 0 radical (unpaired) electrons. The van der Waals surface area contributed by atoms with E-state index < -0.39 is 21.9 Å². The van der Waals surface area contributed by atoms with Crippen molar-refractivity contribution in [2.24, 2.45) is 11.8 Å². The maximum atomic E-state index is 12.0. The van der Waals surface area contributed by atoms with Crippen LogP contribution in [0.15, 0.2) is 0 Å². The van der Waals surface area contributed by atoms with Gasteiger partial charge < -0.3 is 5.11 Å². The fourth-order valence-electron chi connectivity index (χ4n) is 1.91. The van der Waals surface area contributed by atoms with Crippen molar-refractivity contribution >= 4 is 16.0 Å². The second kappa shape index (κ2) is 5.82. The van der Waals surface area contributed by atoms with Gasteiger partial charge in [0, 0.05) is 13.1 Å². The van der Waals surface area contributed by atoms with Gasteiger partial charge in [-0.1, -0.05) is 13.8 Å². The molecule has 0 amide bonds. The zero-order valence-corrected chi connectivity index (χ0v) is 11.2. The van der Waals surface area contributed by atoms with Crippen LogP contribution in [0.5, 0.6) is 0 Å². The third-order valence-electron chi connectivity index (χ3n) is 3.08. The van der Waals surface area contributed by atoms with Gasteiger partial charge in [0.05, 0.1) is 11.7 Å². The van der Waals surface area contributed by atoms with E-state index in [0.29, 0.717) is 31.7 Å². The standard InChI is InChI=1S/C11H21NO4S/c1-9(2)5-7-17(15,16)12-6-3-4-10(8-12)11(13)14/h9-10H,3-8H2,1-2H3,(H,13,14)/t10-/m1/s1. The largest absolute Gasteiger partial charge is 0.481 e. The second-order valence-corrected chi connectivity index (χ2v) is 7.12. The highest BCUT2D eigenvalue weighted by Crippen LogP contribution is 2.20. The molecular formula is C11H21NO4S. The highest BCUT2D eigenvalue weighted by molar-refractivity contribution is 7.89. The summed E-state index contributed by atoms with van der Waals surface area (Å²) in [6.07, 6.45) is 1.83. The van der Waals surface area contributed by atoms with Crippen molar-refractivity contribution in [2.45, 2.75) is 33.1 Å². The Morgan fingerprint density at radius 1 is 1.47 bits per heavy atom. The van der Waals surface area contributed by atoms with Crippen molar-refractivity contribution in [1.29, 1.82) is 0 Å². The highest BCUT2D eigenvalue weighted by Gasteiger charge is 2.31. The van der Waals surface area contributed by atoms with Gasteiger partial charge in [-0.3, -0.25) is 4.79 Å². The fraction of sp³-hybridized carbons (Fsp3) is 0.909. The zero-order valence-electron chi connectivity index (χ0n) is 10.4. The topological polar surface area (TPSA) is 74.7 Å². The van der Waals surface area contributed by atoms with Gasteiger partial charge in [-0.15, -0.1) is 0 Å². The van der Waals surface area contributed by atoms with Crippen molar-refractivity contribution in [2.75, 3.05) is 18.8 Å². The molecule has 1 fully saturated rings. The molecule has 1 saturated heterocycles. The summed E-state index contributed by atoms with van der Waals surface area (Å²) in [5.74, 6) is -0.979. The average Bonchev–Trinajstić information content (AvgIpc) is 2.27. The Morgan fingerprint density at radius 3 is 2.65 bits per heavy atom. The Balaban J connectivity index is 2.62. The van der Waals surface area contributed by atoms with Crippen LogP contribution < -0.4 is 0 Å². The first kappa shape index (κ1) is 14.4. The Bertz CT molecular complexity index is 364. The van der Waals surface area contributed by atoms with Crippen molar-refractivity contribution in [3.05, 3.63) is 0 Å². The molecule has 0 unspecified atom stereocenters. The van der Waals surface area contributed by atoms with Crippen LogP contribution >= 0.6 is 0 Å². The van der Waals surface area contributed by atoms with Gasteiger partial charge in [0.2, 0.25) is 10.0 Å². The van der Waals surface area contributed by atoms with Gasteiger partial charge in [0.1, 0.15) is 0 Å². The van der Waals surface area contributed by atoms with E-state index in [0.717, 1.165) is 0 Å². The third kappa shape index (κ3) is 4.27. The molecule has 1 rings (SSSR count). The smallest absolute Gasteiger partial charge is 0.307 e. The number of carbonyl (C=O) groups is 1. The molecule has 0 spiro atoms. The number of nitrogens with zero attached hydrogens (tertiary/aromatic N) is 1. The Labute approximate surface area is 103 Å². The van der Waals surface area contributed by atoms with Gasteiger partial charge in [-0.2, -0.15) is 0 Å². The van der Waals surface area contributed by atoms with Crippen LogP contribution in [0, 0.1) is 11.8 Å². The number of hydrogen-bond acceptors (Lipinski definition) is 3. The van der Waals surface area contributed by atoms with E-state index in [-0.39, 0.29) is 12.3 Å². The van der Waals surface area contributed by atoms with Crippen LogP contribution in [0.2, 0.25) is 0 Å².